The number of nitrogens with zero attached hydrogens (tertiary/aromatic N) is 1. The van der Waals surface area contributed by atoms with E-state index in [1.165, 1.54) is 0 Å². The highest BCUT2D eigenvalue weighted by Crippen LogP contribution is 2.38. The molecule has 3 aromatic rings. The summed E-state index contributed by atoms with van der Waals surface area (Å²) < 4.78 is 5.82. The second-order valence-electron chi connectivity index (χ2n) is 6.13. The minimum Gasteiger partial charge on any atom is -0.489 e. The summed E-state index contributed by atoms with van der Waals surface area (Å²) in [5.74, 6) is 0.570. The number of rotatable bonds is 6. The van der Waals surface area contributed by atoms with Crippen LogP contribution in [-0.4, -0.2) is 27.9 Å². The Morgan fingerprint density at radius 1 is 1.19 bits per heavy atom. The summed E-state index contributed by atoms with van der Waals surface area (Å²) in [5, 5.41) is 13.1. The Hall–Kier alpha value is -2.35. The SMILES string of the molecule is O=C(O)C1CSC(c2ncc(-c3ccc(OCc4ccccc4)cc3)s2)N1. The lowest BCUT2D eigenvalue weighted by Crippen LogP contribution is -2.33. The van der Waals surface area contributed by atoms with Gasteiger partial charge in [-0.15, -0.1) is 23.1 Å². The van der Waals surface area contributed by atoms with E-state index in [1.807, 2.05) is 60.8 Å². The normalized spacial score (nSPS) is 19.1. The molecule has 1 aliphatic heterocycles. The maximum atomic E-state index is 11.1. The van der Waals surface area contributed by atoms with Gasteiger partial charge in [-0.05, 0) is 35.4 Å². The van der Waals surface area contributed by atoms with Crippen LogP contribution in [0.1, 0.15) is 15.9 Å². The lowest BCUT2D eigenvalue weighted by Gasteiger charge is -2.07. The van der Waals surface area contributed by atoms with E-state index in [4.69, 9.17) is 9.84 Å². The van der Waals surface area contributed by atoms with Crippen LogP contribution in [0.5, 0.6) is 5.75 Å². The summed E-state index contributed by atoms with van der Waals surface area (Å²) in [6, 6.07) is 17.5. The summed E-state index contributed by atoms with van der Waals surface area (Å²) in [7, 11) is 0. The van der Waals surface area contributed by atoms with Crippen LogP contribution in [0.4, 0.5) is 0 Å². The van der Waals surface area contributed by atoms with E-state index in [0.717, 1.165) is 26.8 Å². The maximum Gasteiger partial charge on any atom is 0.321 e. The average Bonchev–Trinajstić information content (AvgIpc) is 3.37. The number of aliphatic carboxylic acids is 1. The molecule has 0 amide bonds. The van der Waals surface area contributed by atoms with Crippen molar-refractivity contribution in [2.24, 2.45) is 0 Å². The van der Waals surface area contributed by atoms with Crippen molar-refractivity contribution in [2.75, 3.05) is 5.75 Å². The molecule has 2 unspecified atom stereocenters. The van der Waals surface area contributed by atoms with E-state index in [2.05, 4.69) is 10.3 Å². The Morgan fingerprint density at radius 3 is 2.67 bits per heavy atom. The molecule has 4 rings (SSSR count). The van der Waals surface area contributed by atoms with Crippen molar-refractivity contribution in [1.29, 1.82) is 0 Å². The highest BCUT2D eigenvalue weighted by molar-refractivity contribution is 7.99. The summed E-state index contributed by atoms with van der Waals surface area (Å²) in [6.45, 7) is 0.542. The first-order valence-electron chi connectivity index (χ1n) is 8.52. The molecule has 1 fully saturated rings. The van der Waals surface area contributed by atoms with Crippen LogP contribution in [0.15, 0.2) is 60.8 Å². The van der Waals surface area contributed by atoms with Gasteiger partial charge in [-0.3, -0.25) is 10.1 Å². The third-order valence-corrected chi connectivity index (χ3v) is 6.69. The molecule has 0 bridgehead atoms. The Kier molecular flexibility index (Phi) is 5.42. The summed E-state index contributed by atoms with van der Waals surface area (Å²) in [6.07, 6.45) is 1.84. The number of benzene rings is 2. The van der Waals surface area contributed by atoms with Gasteiger partial charge in [-0.1, -0.05) is 30.3 Å². The van der Waals surface area contributed by atoms with Crippen LogP contribution in [-0.2, 0) is 11.4 Å². The first-order valence-corrected chi connectivity index (χ1v) is 10.4. The molecule has 2 aromatic carbocycles. The van der Waals surface area contributed by atoms with E-state index in [9.17, 15) is 4.79 Å². The van der Waals surface area contributed by atoms with Gasteiger partial charge in [0.2, 0.25) is 0 Å². The summed E-state index contributed by atoms with van der Waals surface area (Å²) in [5.41, 5.74) is 2.21. The second-order valence-corrected chi connectivity index (χ2v) is 8.33. The van der Waals surface area contributed by atoms with Gasteiger partial charge in [-0.25, -0.2) is 4.98 Å². The number of hydrogen-bond acceptors (Lipinski definition) is 6. The molecule has 0 radical (unpaired) electrons. The fraction of sp³-hybridized carbons (Fsp3) is 0.200. The number of carboxylic acid groups (broad SMARTS) is 1. The zero-order chi connectivity index (χ0) is 18.6. The largest absolute Gasteiger partial charge is 0.489 e. The standard InChI is InChI=1S/C20H18N2O3S2/c23-20(24)16-12-26-19(22-16)18-21-10-17(27-18)14-6-8-15(9-7-14)25-11-13-4-2-1-3-5-13/h1-10,16,19,22H,11-12H2,(H,23,24). The van der Waals surface area contributed by atoms with Gasteiger partial charge in [0.15, 0.2) is 0 Å². The fourth-order valence-corrected chi connectivity index (χ4v) is 5.06. The molecule has 1 aromatic heterocycles. The van der Waals surface area contributed by atoms with Crippen LogP contribution >= 0.6 is 23.1 Å². The van der Waals surface area contributed by atoms with E-state index in [-0.39, 0.29) is 5.37 Å². The molecule has 0 aliphatic carbocycles. The quantitative estimate of drug-likeness (QED) is 0.649. The van der Waals surface area contributed by atoms with Crippen LogP contribution in [0, 0.1) is 0 Å². The number of thiazole rings is 1. The van der Waals surface area contributed by atoms with Crippen LogP contribution in [0.25, 0.3) is 10.4 Å². The van der Waals surface area contributed by atoms with Crippen molar-refractivity contribution >= 4 is 29.1 Å². The van der Waals surface area contributed by atoms with E-state index < -0.39 is 12.0 Å². The predicted molar refractivity (Wildman–Crippen MR) is 108 cm³/mol. The number of carboxylic acids is 1. The maximum absolute atomic E-state index is 11.1. The summed E-state index contributed by atoms with van der Waals surface area (Å²) >= 11 is 3.17. The topological polar surface area (TPSA) is 71.5 Å². The summed E-state index contributed by atoms with van der Waals surface area (Å²) in [4.78, 5) is 16.6. The monoisotopic (exact) mass is 398 g/mol. The fourth-order valence-electron chi connectivity index (χ4n) is 2.76. The lowest BCUT2D eigenvalue weighted by atomic mass is 10.2. The van der Waals surface area contributed by atoms with Crippen LogP contribution in [0.3, 0.4) is 0 Å². The molecular formula is C20H18N2O3S2. The highest BCUT2D eigenvalue weighted by atomic mass is 32.2. The van der Waals surface area contributed by atoms with Crippen molar-refractivity contribution < 1.29 is 14.6 Å². The first-order chi connectivity index (χ1) is 13.2. The Bertz CT molecular complexity index is 912. The molecule has 138 valence electrons. The number of thioether (sulfide) groups is 1. The van der Waals surface area contributed by atoms with Crippen molar-refractivity contribution in [3.63, 3.8) is 0 Å². The molecule has 1 aliphatic rings. The first kappa shape index (κ1) is 18.0. The van der Waals surface area contributed by atoms with Crippen molar-refractivity contribution in [3.05, 3.63) is 71.4 Å². The molecule has 2 atom stereocenters. The molecule has 5 nitrogen and oxygen atoms in total. The van der Waals surface area contributed by atoms with E-state index >= 15 is 0 Å². The van der Waals surface area contributed by atoms with Crippen LogP contribution in [0.2, 0.25) is 0 Å². The molecule has 0 spiro atoms. The predicted octanol–water partition coefficient (Wildman–Crippen LogP) is 4.18. The van der Waals surface area contributed by atoms with Gasteiger partial charge < -0.3 is 9.84 Å². The molecule has 2 N–H and O–H groups in total. The Labute approximate surface area is 165 Å². The number of carbonyl (C=O) groups is 1. The van der Waals surface area contributed by atoms with Gasteiger partial charge in [0.25, 0.3) is 0 Å². The molecule has 1 saturated heterocycles. The number of hydrogen-bond donors (Lipinski definition) is 2. The third-order valence-electron chi connectivity index (χ3n) is 4.22. The van der Waals surface area contributed by atoms with Crippen molar-refractivity contribution in [2.45, 2.75) is 18.0 Å². The smallest absolute Gasteiger partial charge is 0.321 e. The zero-order valence-corrected chi connectivity index (χ0v) is 16.0. The van der Waals surface area contributed by atoms with Crippen molar-refractivity contribution in [3.8, 4) is 16.2 Å². The van der Waals surface area contributed by atoms with Crippen LogP contribution < -0.4 is 10.1 Å². The van der Waals surface area contributed by atoms with E-state index in [1.54, 1.807) is 23.1 Å². The van der Waals surface area contributed by atoms with Gasteiger partial charge >= 0.3 is 5.97 Å². The minimum atomic E-state index is -0.812. The Balaban J connectivity index is 1.39. The van der Waals surface area contributed by atoms with Gasteiger partial charge in [-0.2, -0.15) is 0 Å². The molecule has 7 heteroatoms. The number of nitrogens with one attached hydrogen (secondary N) is 1. The molecular weight excluding hydrogens is 380 g/mol. The third kappa shape index (κ3) is 4.32. The van der Waals surface area contributed by atoms with Crippen molar-refractivity contribution in [1.82, 2.24) is 10.3 Å². The number of aromatic nitrogens is 1. The molecule has 2 heterocycles. The second kappa shape index (κ2) is 8.12. The minimum absolute atomic E-state index is 0.0571. The Morgan fingerprint density at radius 2 is 1.96 bits per heavy atom. The zero-order valence-electron chi connectivity index (χ0n) is 14.4. The molecule has 0 saturated carbocycles. The lowest BCUT2D eigenvalue weighted by molar-refractivity contribution is -0.138. The van der Waals surface area contributed by atoms with Gasteiger partial charge in [0.05, 0.1) is 4.88 Å². The molecule has 27 heavy (non-hydrogen) atoms. The number of ether oxygens (including phenoxy) is 1. The average molecular weight is 399 g/mol. The van der Waals surface area contributed by atoms with E-state index in [0.29, 0.717) is 12.4 Å². The van der Waals surface area contributed by atoms with Gasteiger partial charge in [0, 0.05) is 11.9 Å². The van der Waals surface area contributed by atoms with Gasteiger partial charge in [0.1, 0.15) is 28.8 Å². The highest BCUT2D eigenvalue weighted by Gasteiger charge is 2.32.